The highest BCUT2D eigenvalue weighted by molar-refractivity contribution is 7.86. The van der Waals surface area contributed by atoms with Crippen molar-refractivity contribution in [2.45, 2.75) is 39.2 Å². The molecule has 1 aliphatic rings. The fourth-order valence-electron chi connectivity index (χ4n) is 2.06. The molecule has 0 spiro atoms. The van der Waals surface area contributed by atoms with Crippen LogP contribution in [0.25, 0.3) is 0 Å². The standard InChI is InChI=1S/C12H25N3O3S/c1-5-10(2)13-12(16)11-7-6-8-15(9-11)19(17,18)14(3)4/h10-11H,5-9H2,1-4H3,(H,13,16)/t10-,11+/m1/s1. The van der Waals surface area contributed by atoms with Gasteiger partial charge in [0.2, 0.25) is 5.91 Å². The minimum atomic E-state index is -3.41. The average Bonchev–Trinajstić information content (AvgIpc) is 2.38. The monoisotopic (exact) mass is 291 g/mol. The molecule has 0 aromatic carbocycles. The summed E-state index contributed by atoms with van der Waals surface area (Å²) in [7, 11) is -0.390. The summed E-state index contributed by atoms with van der Waals surface area (Å²) in [5, 5.41) is 2.93. The normalized spacial score (nSPS) is 23.3. The van der Waals surface area contributed by atoms with E-state index in [4.69, 9.17) is 0 Å². The van der Waals surface area contributed by atoms with Crippen molar-refractivity contribution < 1.29 is 13.2 Å². The number of rotatable bonds is 5. The molecule has 1 amide bonds. The van der Waals surface area contributed by atoms with Gasteiger partial charge in [-0.3, -0.25) is 4.79 Å². The Kier molecular flexibility index (Phi) is 5.76. The maximum absolute atomic E-state index is 12.1. The van der Waals surface area contributed by atoms with Gasteiger partial charge in [-0.1, -0.05) is 6.92 Å². The predicted molar refractivity (Wildman–Crippen MR) is 74.8 cm³/mol. The molecular weight excluding hydrogens is 266 g/mol. The molecule has 112 valence electrons. The Balaban J connectivity index is 2.67. The van der Waals surface area contributed by atoms with Crippen molar-refractivity contribution in [2.24, 2.45) is 5.92 Å². The third-order valence-corrected chi connectivity index (χ3v) is 5.45. The number of amides is 1. The molecule has 1 rings (SSSR count). The van der Waals surface area contributed by atoms with Crippen molar-refractivity contribution in [3.8, 4) is 0 Å². The minimum Gasteiger partial charge on any atom is -0.353 e. The molecule has 1 fully saturated rings. The average molecular weight is 291 g/mol. The topological polar surface area (TPSA) is 69.7 Å². The van der Waals surface area contributed by atoms with Crippen LogP contribution in [0.3, 0.4) is 0 Å². The largest absolute Gasteiger partial charge is 0.353 e. The van der Waals surface area contributed by atoms with Crippen LogP contribution in [0.4, 0.5) is 0 Å². The van der Waals surface area contributed by atoms with Gasteiger partial charge >= 0.3 is 0 Å². The first-order valence-electron chi connectivity index (χ1n) is 6.77. The van der Waals surface area contributed by atoms with Crippen LogP contribution in [0.15, 0.2) is 0 Å². The van der Waals surface area contributed by atoms with E-state index in [9.17, 15) is 13.2 Å². The van der Waals surface area contributed by atoms with Gasteiger partial charge < -0.3 is 5.32 Å². The molecule has 0 saturated carbocycles. The van der Waals surface area contributed by atoms with E-state index in [2.05, 4.69) is 5.32 Å². The summed E-state index contributed by atoms with van der Waals surface area (Å²) in [4.78, 5) is 12.1. The highest BCUT2D eigenvalue weighted by atomic mass is 32.2. The molecule has 2 atom stereocenters. The van der Waals surface area contributed by atoms with E-state index in [0.29, 0.717) is 6.54 Å². The predicted octanol–water partition coefficient (Wildman–Crippen LogP) is 0.420. The lowest BCUT2D eigenvalue weighted by Crippen LogP contribution is -2.49. The zero-order valence-electron chi connectivity index (χ0n) is 12.2. The Labute approximate surface area is 116 Å². The Bertz CT molecular complexity index is 408. The zero-order valence-corrected chi connectivity index (χ0v) is 13.0. The minimum absolute atomic E-state index is 0.0343. The van der Waals surface area contributed by atoms with E-state index in [1.165, 1.54) is 22.7 Å². The Morgan fingerprint density at radius 3 is 2.63 bits per heavy atom. The maximum atomic E-state index is 12.1. The Morgan fingerprint density at radius 2 is 2.11 bits per heavy atom. The summed E-state index contributed by atoms with van der Waals surface area (Å²) >= 11 is 0. The van der Waals surface area contributed by atoms with Gasteiger partial charge in [-0.15, -0.1) is 0 Å². The van der Waals surface area contributed by atoms with E-state index in [-0.39, 0.29) is 24.4 Å². The van der Waals surface area contributed by atoms with Crippen LogP contribution in [0.1, 0.15) is 33.1 Å². The van der Waals surface area contributed by atoms with Crippen molar-refractivity contribution in [3.05, 3.63) is 0 Å². The first-order valence-corrected chi connectivity index (χ1v) is 8.16. The van der Waals surface area contributed by atoms with E-state index in [0.717, 1.165) is 19.3 Å². The molecular formula is C12H25N3O3S. The third-order valence-electron chi connectivity index (χ3n) is 3.54. The van der Waals surface area contributed by atoms with Gasteiger partial charge in [0.15, 0.2) is 0 Å². The molecule has 19 heavy (non-hydrogen) atoms. The van der Waals surface area contributed by atoms with E-state index < -0.39 is 10.2 Å². The fourth-order valence-corrected chi connectivity index (χ4v) is 3.25. The molecule has 0 aliphatic carbocycles. The van der Waals surface area contributed by atoms with E-state index in [1.807, 2.05) is 13.8 Å². The van der Waals surface area contributed by atoms with Gasteiger partial charge in [-0.2, -0.15) is 17.0 Å². The number of hydrogen-bond donors (Lipinski definition) is 1. The lowest BCUT2D eigenvalue weighted by Gasteiger charge is -2.33. The number of carbonyl (C=O) groups is 1. The van der Waals surface area contributed by atoms with Crippen LogP contribution in [-0.4, -0.2) is 56.2 Å². The molecule has 1 N–H and O–H groups in total. The molecule has 1 aliphatic heterocycles. The van der Waals surface area contributed by atoms with E-state index in [1.54, 1.807) is 0 Å². The SMILES string of the molecule is CC[C@@H](C)NC(=O)[C@H]1CCCN(S(=O)(=O)N(C)C)C1. The van der Waals surface area contributed by atoms with Gasteiger partial charge in [0.05, 0.1) is 5.92 Å². The van der Waals surface area contributed by atoms with Gasteiger partial charge in [0.25, 0.3) is 10.2 Å². The molecule has 7 heteroatoms. The quantitative estimate of drug-likeness (QED) is 0.798. The number of hydrogen-bond acceptors (Lipinski definition) is 3. The molecule has 0 aromatic rings. The Hall–Kier alpha value is -0.660. The summed E-state index contributed by atoms with van der Waals surface area (Å²) in [6, 6.07) is 0.133. The second-order valence-corrected chi connectivity index (χ2v) is 7.45. The lowest BCUT2D eigenvalue weighted by molar-refractivity contribution is -0.126. The zero-order chi connectivity index (χ0) is 14.6. The summed E-state index contributed by atoms with van der Waals surface area (Å²) in [6.45, 7) is 4.74. The number of carbonyl (C=O) groups excluding carboxylic acids is 1. The van der Waals surface area contributed by atoms with Crippen LogP contribution >= 0.6 is 0 Å². The van der Waals surface area contributed by atoms with Crippen molar-refractivity contribution in [2.75, 3.05) is 27.2 Å². The summed E-state index contributed by atoms with van der Waals surface area (Å²) in [5.74, 6) is -0.273. The number of nitrogens with zero attached hydrogens (tertiary/aromatic N) is 2. The van der Waals surface area contributed by atoms with Gasteiger partial charge in [0, 0.05) is 33.2 Å². The summed E-state index contributed by atoms with van der Waals surface area (Å²) < 4.78 is 26.7. The molecule has 0 radical (unpaired) electrons. The summed E-state index contributed by atoms with van der Waals surface area (Å²) in [6.07, 6.45) is 2.35. The highest BCUT2D eigenvalue weighted by Crippen LogP contribution is 2.20. The molecule has 1 heterocycles. The molecule has 6 nitrogen and oxygen atoms in total. The molecule has 0 bridgehead atoms. The van der Waals surface area contributed by atoms with Crippen molar-refractivity contribution in [1.82, 2.24) is 13.9 Å². The molecule has 0 aromatic heterocycles. The third kappa shape index (κ3) is 4.15. The van der Waals surface area contributed by atoms with Crippen molar-refractivity contribution in [3.63, 3.8) is 0 Å². The number of nitrogens with one attached hydrogen (secondary N) is 1. The summed E-state index contributed by atoms with van der Waals surface area (Å²) in [5.41, 5.74) is 0. The first kappa shape index (κ1) is 16.4. The van der Waals surface area contributed by atoms with Gasteiger partial charge in [-0.25, -0.2) is 0 Å². The van der Waals surface area contributed by atoms with Crippen LogP contribution < -0.4 is 5.32 Å². The van der Waals surface area contributed by atoms with Crippen molar-refractivity contribution in [1.29, 1.82) is 0 Å². The second-order valence-electron chi connectivity index (χ2n) is 5.31. The molecule has 0 unspecified atom stereocenters. The fraction of sp³-hybridized carbons (Fsp3) is 0.917. The second kappa shape index (κ2) is 6.67. The van der Waals surface area contributed by atoms with Crippen molar-refractivity contribution >= 4 is 16.1 Å². The van der Waals surface area contributed by atoms with Crippen LogP contribution in [-0.2, 0) is 15.0 Å². The highest BCUT2D eigenvalue weighted by Gasteiger charge is 2.33. The molecule has 1 saturated heterocycles. The van der Waals surface area contributed by atoms with Crippen LogP contribution in [0, 0.1) is 5.92 Å². The van der Waals surface area contributed by atoms with Gasteiger partial charge in [-0.05, 0) is 26.2 Å². The van der Waals surface area contributed by atoms with Gasteiger partial charge in [0.1, 0.15) is 0 Å². The first-order chi connectivity index (χ1) is 8.78. The van der Waals surface area contributed by atoms with Crippen LogP contribution in [0.2, 0.25) is 0 Å². The van der Waals surface area contributed by atoms with Crippen LogP contribution in [0.5, 0.6) is 0 Å². The maximum Gasteiger partial charge on any atom is 0.281 e. The Morgan fingerprint density at radius 1 is 1.47 bits per heavy atom. The lowest BCUT2D eigenvalue weighted by atomic mass is 9.98. The van der Waals surface area contributed by atoms with E-state index >= 15 is 0 Å². The number of piperidine rings is 1. The smallest absolute Gasteiger partial charge is 0.281 e.